The van der Waals surface area contributed by atoms with Crippen molar-refractivity contribution < 1.29 is 4.79 Å². The minimum Gasteiger partial charge on any atom is -0.368 e. The van der Waals surface area contributed by atoms with Crippen molar-refractivity contribution >= 4 is 23.8 Å². The highest BCUT2D eigenvalue weighted by Crippen LogP contribution is 2.11. The average Bonchev–Trinajstić information content (AvgIpc) is 2.45. The number of rotatable bonds is 4. The van der Waals surface area contributed by atoms with Gasteiger partial charge in [0, 0.05) is 27.2 Å². The molecule has 1 aliphatic rings. The molecule has 3 N–H and O–H groups in total. The van der Waals surface area contributed by atoms with Crippen LogP contribution in [0.2, 0.25) is 0 Å². The number of nitrogens with two attached hydrogens (primary N) is 1. The molecule has 0 atom stereocenters. The van der Waals surface area contributed by atoms with Gasteiger partial charge in [-0.25, -0.2) is 0 Å². The van der Waals surface area contributed by atoms with E-state index in [4.69, 9.17) is 5.73 Å². The minimum absolute atomic E-state index is 0.0649. The number of likely N-dealkylation sites (tertiary alicyclic amines) is 1. The number of amides is 1. The number of aromatic nitrogens is 3. The van der Waals surface area contributed by atoms with E-state index in [1.807, 2.05) is 19.0 Å². The van der Waals surface area contributed by atoms with Crippen LogP contribution in [0.15, 0.2) is 0 Å². The first-order valence-corrected chi connectivity index (χ1v) is 6.77. The van der Waals surface area contributed by atoms with Crippen LogP contribution in [0.3, 0.4) is 0 Å². The van der Waals surface area contributed by atoms with Crippen LogP contribution >= 0.6 is 0 Å². The average molecular weight is 279 g/mol. The first-order valence-electron chi connectivity index (χ1n) is 6.77. The maximum atomic E-state index is 12.0. The van der Waals surface area contributed by atoms with Gasteiger partial charge in [-0.15, -0.1) is 0 Å². The fourth-order valence-corrected chi connectivity index (χ4v) is 2.07. The third-order valence-corrected chi connectivity index (χ3v) is 3.15. The monoisotopic (exact) mass is 279 g/mol. The Morgan fingerprint density at radius 3 is 2.60 bits per heavy atom. The molecule has 0 unspecified atom stereocenters. The Morgan fingerprint density at radius 1 is 1.25 bits per heavy atom. The van der Waals surface area contributed by atoms with Crippen molar-refractivity contribution in [2.75, 3.05) is 49.7 Å². The van der Waals surface area contributed by atoms with Gasteiger partial charge >= 0.3 is 0 Å². The molecule has 2 rings (SSSR count). The molecule has 0 spiro atoms. The third kappa shape index (κ3) is 3.69. The SMILES string of the molecule is CN(C)c1nc(N)nc(NCC(=O)N2CCCCC2)n1. The molecule has 20 heavy (non-hydrogen) atoms. The Morgan fingerprint density at radius 2 is 1.95 bits per heavy atom. The van der Waals surface area contributed by atoms with Gasteiger partial charge in [-0.1, -0.05) is 0 Å². The molecule has 1 aromatic rings. The Hall–Kier alpha value is -2.12. The molecule has 110 valence electrons. The lowest BCUT2D eigenvalue weighted by Gasteiger charge is -2.26. The predicted octanol–water partition coefficient (Wildman–Crippen LogP) is -0.0558. The Labute approximate surface area is 118 Å². The highest BCUT2D eigenvalue weighted by Gasteiger charge is 2.16. The van der Waals surface area contributed by atoms with E-state index in [0.29, 0.717) is 11.9 Å². The fourth-order valence-electron chi connectivity index (χ4n) is 2.07. The molecular weight excluding hydrogens is 258 g/mol. The first-order chi connectivity index (χ1) is 9.56. The molecule has 1 saturated heterocycles. The largest absolute Gasteiger partial charge is 0.368 e. The van der Waals surface area contributed by atoms with Crippen molar-refractivity contribution in [3.8, 4) is 0 Å². The summed E-state index contributed by atoms with van der Waals surface area (Å²) in [5.41, 5.74) is 5.62. The zero-order valence-corrected chi connectivity index (χ0v) is 12.0. The van der Waals surface area contributed by atoms with Crippen molar-refractivity contribution in [1.29, 1.82) is 0 Å². The Bertz CT molecular complexity index is 471. The highest BCUT2D eigenvalue weighted by molar-refractivity contribution is 5.80. The Balaban J connectivity index is 1.94. The molecule has 0 radical (unpaired) electrons. The van der Waals surface area contributed by atoms with Gasteiger partial charge in [-0.2, -0.15) is 15.0 Å². The summed E-state index contributed by atoms with van der Waals surface area (Å²) in [5.74, 6) is 0.990. The minimum atomic E-state index is 0.0649. The molecule has 0 aliphatic carbocycles. The standard InChI is InChI=1S/C12H21N7O/c1-18(2)12-16-10(13)15-11(17-12)14-8-9(20)19-6-4-3-5-7-19/h3-8H2,1-2H3,(H3,13,14,15,16,17). The van der Waals surface area contributed by atoms with Crippen LogP contribution in [-0.2, 0) is 4.79 Å². The van der Waals surface area contributed by atoms with Crippen molar-refractivity contribution in [3.63, 3.8) is 0 Å². The number of nitrogen functional groups attached to an aromatic ring is 1. The lowest BCUT2D eigenvalue weighted by Crippen LogP contribution is -2.39. The number of piperidine rings is 1. The summed E-state index contributed by atoms with van der Waals surface area (Å²) >= 11 is 0. The zero-order chi connectivity index (χ0) is 14.5. The number of hydrogen-bond donors (Lipinski definition) is 2. The molecule has 0 aromatic carbocycles. The van der Waals surface area contributed by atoms with Crippen molar-refractivity contribution in [2.45, 2.75) is 19.3 Å². The van der Waals surface area contributed by atoms with Crippen LogP contribution in [-0.4, -0.2) is 59.5 Å². The van der Waals surface area contributed by atoms with Gasteiger partial charge in [-0.3, -0.25) is 4.79 Å². The van der Waals surface area contributed by atoms with Gasteiger partial charge in [0.15, 0.2) is 0 Å². The second-order valence-corrected chi connectivity index (χ2v) is 5.01. The number of anilines is 3. The van der Waals surface area contributed by atoms with Crippen LogP contribution < -0.4 is 16.0 Å². The second-order valence-electron chi connectivity index (χ2n) is 5.01. The molecular formula is C12H21N7O. The van der Waals surface area contributed by atoms with E-state index < -0.39 is 0 Å². The van der Waals surface area contributed by atoms with Crippen molar-refractivity contribution in [2.24, 2.45) is 0 Å². The summed E-state index contributed by atoms with van der Waals surface area (Å²) in [6.45, 7) is 1.85. The smallest absolute Gasteiger partial charge is 0.241 e. The molecule has 0 saturated carbocycles. The van der Waals surface area contributed by atoms with Crippen LogP contribution in [0, 0.1) is 0 Å². The molecule has 8 nitrogen and oxygen atoms in total. The van der Waals surface area contributed by atoms with Crippen LogP contribution in [0.5, 0.6) is 0 Å². The van der Waals surface area contributed by atoms with E-state index in [9.17, 15) is 4.79 Å². The molecule has 1 amide bonds. The molecule has 1 aromatic heterocycles. The predicted molar refractivity (Wildman–Crippen MR) is 77.5 cm³/mol. The fraction of sp³-hybridized carbons (Fsp3) is 0.667. The van der Waals surface area contributed by atoms with Crippen LogP contribution in [0.1, 0.15) is 19.3 Å². The van der Waals surface area contributed by atoms with Gasteiger partial charge in [-0.05, 0) is 19.3 Å². The van der Waals surface area contributed by atoms with Crippen LogP contribution in [0.25, 0.3) is 0 Å². The van der Waals surface area contributed by atoms with E-state index >= 15 is 0 Å². The second kappa shape index (κ2) is 6.36. The van der Waals surface area contributed by atoms with E-state index in [1.165, 1.54) is 6.42 Å². The van der Waals surface area contributed by atoms with Gasteiger partial charge in [0.2, 0.25) is 23.8 Å². The number of nitrogens with zero attached hydrogens (tertiary/aromatic N) is 5. The molecule has 1 fully saturated rings. The van der Waals surface area contributed by atoms with Crippen molar-refractivity contribution in [1.82, 2.24) is 19.9 Å². The maximum absolute atomic E-state index is 12.0. The lowest BCUT2D eigenvalue weighted by atomic mass is 10.1. The highest BCUT2D eigenvalue weighted by atomic mass is 16.2. The molecule has 1 aliphatic heterocycles. The summed E-state index contributed by atoms with van der Waals surface area (Å²) in [6, 6.07) is 0. The van der Waals surface area contributed by atoms with E-state index in [2.05, 4.69) is 20.3 Å². The molecule has 0 bridgehead atoms. The van der Waals surface area contributed by atoms with Gasteiger partial charge in [0.05, 0.1) is 6.54 Å². The van der Waals surface area contributed by atoms with Gasteiger partial charge in [0.25, 0.3) is 0 Å². The van der Waals surface area contributed by atoms with E-state index in [1.54, 1.807) is 4.90 Å². The number of carbonyl (C=O) groups excluding carboxylic acids is 1. The van der Waals surface area contributed by atoms with Gasteiger partial charge in [0.1, 0.15) is 0 Å². The first kappa shape index (κ1) is 14.3. The molecule has 8 heteroatoms. The van der Waals surface area contributed by atoms with Crippen molar-refractivity contribution in [3.05, 3.63) is 0 Å². The topological polar surface area (TPSA) is 100 Å². The molecule has 2 heterocycles. The van der Waals surface area contributed by atoms with Gasteiger partial charge < -0.3 is 20.9 Å². The lowest BCUT2D eigenvalue weighted by molar-refractivity contribution is -0.130. The summed E-state index contributed by atoms with van der Waals surface area (Å²) in [5, 5.41) is 2.92. The number of carbonyl (C=O) groups is 1. The summed E-state index contributed by atoms with van der Waals surface area (Å²) in [4.78, 5) is 27.8. The maximum Gasteiger partial charge on any atom is 0.241 e. The normalized spacial score (nSPS) is 15.0. The quantitative estimate of drug-likeness (QED) is 0.796. The third-order valence-electron chi connectivity index (χ3n) is 3.15. The summed E-state index contributed by atoms with van der Waals surface area (Å²) < 4.78 is 0. The van der Waals surface area contributed by atoms with Crippen LogP contribution in [0.4, 0.5) is 17.8 Å². The van der Waals surface area contributed by atoms with E-state index in [0.717, 1.165) is 25.9 Å². The Kier molecular flexibility index (Phi) is 4.54. The summed E-state index contributed by atoms with van der Waals surface area (Å²) in [7, 11) is 3.63. The summed E-state index contributed by atoms with van der Waals surface area (Å²) in [6.07, 6.45) is 3.36. The van der Waals surface area contributed by atoms with E-state index in [-0.39, 0.29) is 18.4 Å². The number of nitrogens with one attached hydrogen (secondary N) is 1. The zero-order valence-electron chi connectivity index (χ0n) is 12.0. The number of hydrogen-bond acceptors (Lipinski definition) is 7.